The first-order valence-corrected chi connectivity index (χ1v) is 20.5. The molecule has 1 aromatic carbocycles. The number of anilines is 1. The van der Waals surface area contributed by atoms with Crippen LogP contribution >= 0.6 is 11.3 Å². The van der Waals surface area contributed by atoms with E-state index >= 15 is 0 Å². The van der Waals surface area contributed by atoms with Crippen LogP contribution in [0.5, 0.6) is 0 Å². The van der Waals surface area contributed by atoms with E-state index in [1.807, 2.05) is 6.92 Å². The van der Waals surface area contributed by atoms with Gasteiger partial charge in [0.05, 0.1) is 16.4 Å². The normalized spacial score (nSPS) is 14.5. The van der Waals surface area contributed by atoms with Crippen molar-refractivity contribution in [3.05, 3.63) is 94.0 Å². The molecule has 2 nitrogen and oxygen atoms in total. The van der Waals surface area contributed by atoms with Gasteiger partial charge in [-0.05, 0) is 95.8 Å². The van der Waals surface area contributed by atoms with Gasteiger partial charge in [-0.3, -0.25) is 0 Å². The zero-order chi connectivity index (χ0) is 37.2. The van der Waals surface area contributed by atoms with Gasteiger partial charge in [0.1, 0.15) is 0 Å². The number of unbranched alkanes of at least 4 members (excludes halogenated alkanes) is 5. The summed E-state index contributed by atoms with van der Waals surface area (Å²) < 4.78 is 0. The Morgan fingerprint density at radius 3 is 1.92 bits per heavy atom. The van der Waals surface area contributed by atoms with Crippen LogP contribution in [0.4, 0.5) is 5.69 Å². The summed E-state index contributed by atoms with van der Waals surface area (Å²) in [4.78, 5) is 4.69. The topological polar surface area (TPSA) is 24.9 Å². The Morgan fingerprint density at radius 1 is 0.837 bits per heavy atom. The molecular formula is C46H76N2S. The van der Waals surface area contributed by atoms with Crippen molar-refractivity contribution in [3.8, 4) is 0 Å². The maximum Gasteiger partial charge on any atom is 0.0971 e. The Bertz CT molecular complexity index is 1260. The molecule has 1 atom stereocenters. The van der Waals surface area contributed by atoms with Crippen LogP contribution in [0.15, 0.2) is 72.2 Å². The second kappa shape index (κ2) is 28.1. The lowest BCUT2D eigenvalue weighted by Gasteiger charge is -2.15. The van der Waals surface area contributed by atoms with Crippen molar-refractivity contribution in [2.75, 3.05) is 5.32 Å². The number of rotatable bonds is 14. The Kier molecular flexibility index (Phi) is 26.6. The molecule has 0 saturated heterocycles. The minimum Gasteiger partial charge on any atom is -0.354 e. The van der Waals surface area contributed by atoms with Crippen molar-refractivity contribution in [2.24, 2.45) is 5.92 Å². The largest absolute Gasteiger partial charge is 0.354 e. The molecule has 1 aromatic heterocycles. The fourth-order valence-electron chi connectivity index (χ4n) is 4.52. The summed E-state index contributed by atoms with van der Waals surface area (Å²) in [7, 11) is 0. The molecule has 2 aliphatic carbocycles. The summed E-state index contributed by atoms with van der Waals surface area (Å²) >= 11 is 1.75. The van der Waals surface area contributed by atoms with E-state index in [1.165, 1.54) is 112 Å². The number of nitrogens with zero attached hydrogens (tertiary/aromatic N) is 1. The summed E-state index contributed by atoms with van der Waals surface area (Å²) in [5.41, 5.74) is 10.8. The van der Waals surface area contributed by atoms with Crippen LogP contribution in [0, 0.1) is 12.8 Å². The van der Waals surface area contributed by atoms with Gasteiger partial charge in [-0.1, -0.05) is 160 Å². The molecule has 1 fully saturated rings. The summed E-state index contributed by atoms with van der Waals surface area (Å²) in [6, 6.07) is 6.33. The SMILES string of the molecule is C=C(C)c1ccc(C)c(NC(=C)c2csc(C3CC3)n2)c1.C=C(CCCC)CCCCC.CC1=C(C)C(C)CC=C1.CCCC.CCCC. The lowest BCUT2D eigenvalue weighted by molar-refractivity contribution is 0.678. The molecule has 0 spiro atoms. The van der Waals surface area contributed by atoms with Crippen LogP contribution in [0.3, 0.4) is 0 Å². The molecule has 1 N–H and O–H groups in total. The molecule has 276 valence electrons. The molecule has 0 radical (unpaired) electrons. The van der Waals surface area contributed by atoms with E-state index < -0.39 is 0 Å². The van der Waals surface area contributed by atoms with Crippen molar-refractivity contribution < 1.29 is 0 Å². The molecule has 0 bridgehead atoms. The maximum absolute atomic E-state index is 4.69. The maximum atomic E-state index is 4.69. The number of aryl methyl sites for hydroxylation is 1. The highest BCUT2D eigenvalue weighted by atomic mass is 32.1. The standard InChI is InChI=1S/C18H20N2S.C11H22.C9H14.2C4H10/c1-11(2)15-6-5-12(3)16(9-15)19-13(4)17-10-21-18(20-17)14-7-8-14;1-4-6-8-10-11(3)9-7-5-2;1-7-5-4-6-8(2)9(7)3;2*1-3-4-2/h5-6,9-10,14,19H,1,4,7-8H2,2-3H3;3-10H2,1-2H3;4-5,8H,6H2,1-3H3;2*3-4H2,1-2H3. The zero-order valence-corrected chi connectivity index (χ0v) is 34.8. The fraction of sp³-hybridized carbons (Fsp3) is 0.587. The third-order valence-electron chi connectivity index (χ3n) is 9.01. The van der Waals surface area contributed by atoms with Gasteiger partial charge in [-0.15, -0.1) is 11.3 Å². The summed E-state index contributed by atoms with van der Waals surface area (Å²) in [6.45, 7) is 36.2. The van der Waals surface area contributed by atoms with Gasteiger partial charge in [0, 0.05) is 17.0 Å². The third kappa shape index (κ3) is 21.2. The molecule has 1 heterocycles. The Morgan fingerprint density at radius 2 is 1.43 bits per heavy atom. The Hall–Kier alpha value is -2.65. The lowest BCUT2D eigenvalue weighted by Crippen LogP contribution is -2.00. The first-order chi connectivity index (χ1) is 23.4. The van der Waals surface area contributed by atoms with Crippen molar-refractivity contribution in [1.29, 1.82) is 0 Å². The van der Waals surface area contributed by atoms with Crippen LogP contribution < -0.4 is 5.32 Å². The average Bonchev–Trinajstić information content (AvgIpc) is 3.83. The lowest BCUT2D eigenvalue weighted by atomic mass is 9.90. The van der Waals surface area contributed by atoms with Gasteiger partial charge in [-0.25, -0.2) is 4.98 Å². The van der Waals surface area contributed by atoms with E-state index in [-0.39, 0.29) is 0 Å². The van der Waals surface area contributed by atoms with Crippen LogP contribution in [-0.4, -0.2) is 4.98 Å². The molecule has 0 amide bonds. The summed E-state index contributed by atoms with van der Waals surface area (Å²) in [5.74, 6) is 1.47. The highest BCUT2D eigenvalue weighted by molar-refractivity contribution is 7.09. The first-order valence-electron chi connectivity index (χ1n) is 19.6. The molecule has 3 heteroatoms. The van der Waals surface area contributed by atoms with Gasteiger partial charge in [0.2, 0.25) is 0 Å². The molecular weight excluding hydrogens is 613 g/mol. The number of thiazole rings is 1. The molecule has 1 saturated carbocycles. The minimum atomic E-state index is 0.699. The highest BCUT2D eigenvalue weighted by Gasteiger charge is 2.26. The minimum absolute atomic E-state index is 0.699. The number of hydrogen-bond acceptors (Lipinski definition) is 3. The van der Waals surface area contributed by atoms with E-state index in [4.69, 9.17) is 4.98 Å². The van der Waals surface area contributed by atoms with Gasteiger partial charge in [0.25, 0.3) is 0 Å². The van der Waals surface area contributed by atoms with E-state index in [1.54, 1.807) is 16.9 Å². The van der Waals surface area contributed by atoms with Crippen molar-refractivity contribution in [3.63, 3.8) is 0 Å². The second-order valence-electron chi connectivity index (χ2n) is 14.0. The molecule has 0 aliphatic heterocycles. The van der Waals surface area contributed by atoms with E-state index in [9.17, 15) is 0 Å². The number of allylic oxidation sites excluding steroid dienone is 6. The molecule has 49 heavy (non-hydrogen) atoms. The first kappa shape index (κ1) is 46.4. The van der Waals surface area contributed by atoms with Gasteiger partial charge < -0.3 is 5.32 Å². The predicted molar refractivity (Wildman–Crippen MR) is 228 cm³/mol. The van der Waals surface area contributed by atoms with Crippen molar-refractivity contribution in [1.82, 2.24) is 4.98 Å². The van der Waals surface area contributed by atoms with Crippen LogP contribution in [0.1, 0.15) is 187 Å². The number of hydrogen-bond donors (Lipinski definition) is 1. The quantitative estimate of drug-likeness (QED) is 0.158. The third-order valence-corrected chi connectivity index (χ3v) is 10.0. The summed E-state index contributed by atoms with van der Waals surface area (Å²) in [6.07, 6.45) is 22.7. The Balaban J connectivity index is 0.000000693. The van der Waals surface area contributed by atoms with Crippen LogP contribution in [0.25, 0.3) is 11.3 Å². The molecule has 1 unspecified atom stereocenters. The van der Waals surface area contributed by atoms with Crippen molar-refractivity contribution >= 4 is 28.3 Å². The van der Waals surface area contributed by atoms with Crippen LogP contribution in [0.2, 0.25) is 0 Å². The smallest absolute Gasteiger partial charge is 0.0971 e. The fourth-order valence-corrected chi connectivity index (χ4v) is 5.52. The second-order valence-corrected chi connectivity index (χ2v) is 14.9. The number of aromatic nitrogens is 1. The van der Waals surface area contributed by atoms with Gasteiger partial charge >= 0.3 is 0 Å². The highest BCUT2D eigenvalue weighted by Crippen LogP contribution is 2.42. The van der Waals surface area contributed by atoms with E-state index in [2.05, 4.69) is 130 Å². The van der Waals surface area contributed by atoms with Crippen LogP contribution in [-0.2, 0) is 0 Å². The molecule has 2 aliphatic rings. The zero-order valence-electron chi connectivity index (χ0n) is 34.0. The number of nitrogens with one attached hydrogen (secondary N) is 1. The van der Waals surface area contributed by atoms with Crippen molar-refractivity contribution in [2.45, 2.75) is 172 Å². The van der Waals surface area contributed by atoms with E-state index in [0.717, 1.165) is 34.1 Å². The predicted octanol–water partition coefficient (Wildman–Crippen LogP) is 16.3. The van der Waals surface area contributed by atoms with E-state index in [0.29, 0.717) is 5.92 Å². The average molecular weight is 689 g/mol. The van der Waals surface area contributed by atoms with Gasteiger partial charge in [0.15, 0.2) is 0 Å². The van der Waals surface area contributed by atoms with Gasteiger partial charge in [-0.2, -0.15) is 0 Å². The molecule has 4 rings (SSSR count). The Labute approximate surface area is 309 Å². The monoisotopic (exact) mass is 689 g/mol. The summed E-state index contributed by atoms with van der Waals surface area (Å²) in [5, 5.41) is 6.75. The molecule has 2 aromatic rings. The number of benzene rings is 1.